The molecule has 0 spiro atoms. The van der Waals surface area contributed by atoms with E-state index in [4.69, 9.17) is 32.7 Å². The van der Waals surface area contributed by atoms with Gasteiger partial charge in [0.15, 0.2) is 11.5 Å². The monoisotopic (exact) mass is 1030 g/mol. The van der Waals surface area contributed by atoms with Crippen LogP contribution in [0.3, 0.4) is 0 Å². The van der Waals surface area contributed by atoms with Crippen LogP contribution in [0, 0.1) is 58.2 Å². The zero-order valence-electron chi connectivity index (χ0n) is 43.2. The Morgan fingerprint density at radius 2 is 1.21 bits per heavy atom. The summed E-state index contributed by atoms with van der Waals surface area (Å²) in [6, 6.07) is 19.0. The Morgan fingerprint density at radius 3 is 1.71 bits per heavy atom. The summed E-state index contributed by atoms with van der Waals surface area (Å²) in [5.41, 5.74) is 3.80. The first-order valence-corrected chi connectivity index (χ1v) is 27.5. The first kappa shape index (κ1) is 55.0. The molecular weight excluding hydrogens is 961 g/mol. The molecule has 0 aliphatic heterocycles. The Labute approximate surface area is 442 Å². The SMILES string of the molecule is CC(C)CCCC(C)[C@H]1CCC2C3CC[C@H]4C[C@@H](CCC=C(c5cc(Cl)c(OCc6ccc(B(O)O)cc6)c(C(=O)O)c5)c5cc(Cl)c(OCc6ccc(B(O)O)cc6)c(C(=O)O)c5)CC[C@]4(C)C3CC[C@@]21C. The summed E-state index contributed by atoms with van der Waals surface area (Å²) < 4.78 is 12.1. The molecule has 6 N–H and O–H groups in total. The number of carboxylic acid groups (broad SMARTS) is 2. The van der Waals surface area contributed by atoms with E-state index in [2.05, 4.69) is 40.7 Å². The Hall–Kier alpha value is -4.29. The molecule has 10 nitrogen and oxygen atoms in total. The van der Waals surface area contributed by atoms with Gasteiger partial charge in [0.25, 0.3) is 0 Å². The van der Waals surface area contributed by atoms with Crippen LogP contribution >= 0.6 is 23.2 Å². The maximum Gasteiger partial charge on any atom is 0.488 e. The van der Waals surface area contributed by atoms with Crippen LogP contribution in [0.4, 0.5) is 0 Å². The van der Waals surface area contributed by atoms with Gasteiger partial charge in [0, 0.05) is 0 Å². The lowest BCUT2D eigenvalue weighted by Crippen LogP contribution is -2.53. The third-order valence-electron chi connectivity index (χ3n) is 18.4. The highest BCUT2D eigenvalue weighted by Gasteiger charge is 2.60. The second-order valence-corrected chi connectivity index (χ2v) is 23.9. The van der Waals surface area contributed by atoms with Crippen LogP contribution in [0.2, 0.25) is 10.0 Å². The summed E-state index contributed by atoms with van der Waals surface area (Å²) in [6.07, 6.45) is 19.4. The lowest BCUT2D eigenvalue weighted by atomic mass is 9.44. The fourth-order valence-electron chi connectivity index (χ4n) is 14.5. The number of carbonyl (C=O) groups is 2. The summed E-state index contributed by atoms with van der Waals surface area (Å²) in [4.78, 5) is 25.9. The van der Waals surface area contributed by atoms with Crippen LogP contribution < -0.4 is 20.4 Å². The number of fused-ring (bicyclic) bond motifs is 5. The molecule has 0 saturated heterocycles. The highest BCUT2D eigenvalue weighted by Crippen LogP contribution is 2.69. The highest BCUT2D eigenvalue weighted by molar-refractivity contribution is 6.58. The number of hydrogen-bond acceptors (Lipinski definition) is 8. The van der Waals surface area contributed by atoms with Crippen molar-refractivity contribution in [2.24, 2.45) is 58.2 Å². The maximum absolute atomic E-state index is 13.0. The number of carboxylic acids is 2. The quantitative estimate of drug-likeness (QED) is 0.0468. The second-order valence-electron chi connectivity index (χ2n) is 23.1. The Morgan fingerprint density at radius 1 is 0.685 bits per heavy atom. The third kappa shape index (κ3) is 12.1. The van der Waals surface area contributed by atoms with Gasteiger partial charge < -0.3 is 39.8 Å². The predicted molar refractivity (Wildman–Crippen MR) is 291 cm³/mol. The molecule has 0 amide bonds. The fraction of sp³-hybridized carbons (Fsp3) is 0.525. The lowest BCUT2D eigenvalue weighted by molar-refractivity contribution is -0.121. The first-order chi connectivity index (χ1) is 34.8. The van der Waals surface area contributed by atoms with Crippen LogP contribution in [0.15, 0.2) is 78.9 Å². The van der Waals surface area contributed by atoms with Crippen LogP contribution in [-0.2, 0) is 13.2 Å². The smallest absolute Gasteiger partial charge is 0.486 e. The summed E-state index contributed by atoms with van der Waals surface area (Å²) in [6.45, 7) is 12.5. The van der Waals surface area contributed by atoms with E-state index >= 15 is 0 Å². The molecule has 390 valence electrons. The number of allylic oxidation sites excluding steroid dienone is 1. The Kier molecular flexibility index (Phi) is 17.5. The summed E-state index contributed by atoms with van der Waals surface area (Å²) in [5, 5.41) is 59.3. The zero-order valence-corrected chi connectivity index (χ0v) is 44.7. The van der Waals surface area contributed by atoms with E-state index in [1.165, 1.54) is 82.8 Å². The Balaban J connectivity index is 1.03. The second kappa shape index (κ2) is 23.3. The molecule has 0 aromatic heterocycles. The van der Waals surface area contributed by atoms with Gasteiger partial charge in [-0.25, -0.2) is 9.59 Å². The molecule has 0 bridgehead atoms. The van der Waals surface area contributed by atoms with Gasteiger partial charge in [-0.05, 0) is 192 Å². The van der Waals surface area contributed by atoms with Crippen molar-refractivity contribution >= 4 is 65.9 Å². The summed E-state index contributed by atoms with van der Waals surface area (Å²) >= 11 is 13.9. The largest absolute Gasteiger partial charge is 0.488 e. The molecule has 4 aromatic carbocycles. The predicted octanol–water partition coefficient (Wildman–Crippen LogP) is 11.9. The summed E-state index contributed by atoms with van der Waals surface area (Å²) in [7, 11) is -3.27. The number of hydrogen-bond donors (Lipinski definition) is 6. The van der Waals surface area contributed by atoms with Crippen molar-refractivity contribution in [3.8, 4) is 11.5 Å². The molecule has 0 radical (unpaired) electrons. The molecule has 4 unspecified atom stereocenters. The van der Waals surface area contributed by atoms with Gasteiger partial charge in [0.1, 0.15) is 24.3 Å². The van der Waals surface area contributed by atoms with Crippen molar-refractivity contribution in [2.45, 2.75) is 138 Å². The van der Waals surface area contributed by atoms with Gasteiger partial charge in [-0.2, -0.15) is 0 Å². The minimum atomic E-state index is -1.63. The molecule has 14 heteroatoms. The van der Waals surface area contributed by atoms with E-state index in [0.29, 0.717) is 67.8 Å². The molecule has 0 heterocycles. The number of aromatic carboxylic acids is 2. The van der Waals surface area contributed by atoms with E-state index < -0.39 is 26.2 Å². The average molecular weight is 1040 g/mol. The van der Waals surface area contributed by atoms with Gasteiger partial charge >= 0.3 is 26.2 Å². The molecule has 4 aliphatic carbocycles. The van der Waals surface area contributed by atoms with E-state index in [-0.39, 0.29) is 45.9 Å². The van der Waals surface area contributed by atoms with Gasteiger partial charge in [0.05, 0.1) is 10.0 Å². The van der Waals surface area contributed by atoms with Crippen molar-refractivity contribution in [3.05, 3.63) is 122 Å². The highest BCUT2D eigenvalue weighted by atomic mass is 35.5. The van der Waals surface area contributed by atoms with Crippen molar-refractivity contribution in [1.29, 1.82) is 0 Å². The van der Waals surface area contributed by atoms with E-state index in [1.54, 1.807) is 60.7 Å². The Bertz CT molecular complexity index is 2500. The maximum atomic E-state index is 13.0. The minimum absolute atomic E-state index is 0.0416. The van der Waals surface area contributed by atoms with Crippen LogP contribution in [0.25, 0.3) is 5.57 Å². The average Bonchev–Trinajstić information content (AvgIpc) is 3.71. The van der Waals surface area contributed by atoms with E-state index in [1.807, 2.05) is 0 Å². The minimum Gasteiger partial charge on any atom is -0.486 e. The van der Waals surface area contributed by atoms with Gasteiger partial charge in [-0.15, -0.1) is 0 Å². The molecule has 4 saturated carbocycles. The van der Waals surface area contributed by atoms with Gasteiger partial charge in [0.2, 0.25) is 0 Å². The molecule has 4 aliphatic rings. The molecule has 4 fully saturated rings. The van der Waals surface area contributed by atoms with E-state index in [0.717, 1.165) is 48.3 Å². The molecule has 73 heavy (non-hydrogen) atoms. The van der Waals surface area contributed by atoms with Gasteiger partial charge in [-0.3, -0.25) is 0 Å². The van der Waals surface area contributed by atoms with Crippen molar-refractivity contribution < 1.29 is 49.4 Å². The van der Waals surface area contributed by atoms with Crippen LogP contribution in [0.1, 0.15) is 167 Å². The number of halogens is 2. The summed E-state index contributed by atoms with van der Waals surface area (Å²) in [5.74, 6) is 3.44. The first-order valence-electron chi connectivity index (χ1n) is 26.8. The lowest BCUT2D eigenvalue weighted by Gasteiger charge is -2.61. The zero-order chi connectivity index (χ0) is 52.4. The number of benzene rings is 4. The number of ether oxygens (including phenoxy) is 2. The molecule has 8 rings (SSSR count). The van der Waals surface area contributed by atoms with Crippen LogP contribution in [0.5, 0.6) is 11.5 Å². The third-order valence-corrected chi connectivity index (χ3v) is 19.0. The topological polar surface area (TPSA) is 174 Å². The van der Waals surface area contributed by atoms with Gasteiger partial charge in [-0.1, -0.05) is 132 Å². The van der Waals surface area contributed by atoms with Crippen molar-refractivity contribution in [2.75, 3.05) is 0 Å². The molecule has 9 atom stereocenters. The van der Waals surface area contributed by atoms with Crippen molar-refractivity contribution in [1.82, 2.24) is 0 Å². The molecular formula is C59H74B2Cl2O10. The standard InChI is InChI=1S/C59H74B2Cl2O10/c1-35(2)8-6-9-36(3)49-22-23-50-46-21-16-42-28-37(24-26-58(42,4)51(46)25-27-59(49,50)5)10-7-11-45(40-29-47(56(64)65)54(52(62)31-40)72-33-38-12-17-43(18-13-38)60(68)69)41-30-48(57(66)67)55(53(63)32-41)73-34-39-14-19-44(20-15-39)61(70)71/h11-15,17-20,29-32,35-37,42,46,49-51,68-71H,6-10,16,21-28,33-34H2,1-5H3,(H,64,65)(H,66,67)/t36?,37-,42-,46?,49+,50?,51?,58-,59+/m0/s1. The normalized spacial score (nSPS) is 25.8. The fourth-order valence-corrected chi connectivity index (χ4v) is 15.0. The van der Waals surface area contributed by atoms with E-state index in [9.17, 15) is 39.9 Å². The number of rotatable bonds is 20. The van der Waals surface area contributed by atoms with Crippen LogP contribution in [-0.4, -0.2) is 56.5 Å². The molecule has 4 aromatic rings. The van der Waals surface area contributed by atoms with Crippen molar-refractivity contribution in [3.63, 3.8) is 0 Å².